The van der Waals surface area contributed by atoms with Crippen molar-refractivity contribution in [3.8, 4) is 11.1 Å². The number of aryl methyl sites for hydroxylation is 2. The average molecular weight is 368 g/mol. The summed E-state index contributed by atoms with van der Waals surface area (Å²) in [5, 5.41) is 6.32. The van der Waals surface area contributed by atoms with Gasteiger partial charge in [-0.1, -0.05) is 30.3 Å². The van der Waals surface area contributed by atoms with Gasteiger partial charge >= 0.3 is 0 Å². The molecule has 5 heteroatoms. The summed E-state index contributed by atoms with van der Waals surface area (Å²) in [6.45, 7) is 3.23. The Bertz CT molecular complexity index is 1220. The molecule has 5 nitrogen and oxygen atoms in total. The van der Waals surface area contributed by atoms with Crippen molar-refractivity contribution in [2.75, 3.05) is 0 Å². The molecule has 1 amide bonds. The second-order valence-corrected chi connectivity index (χ2v) is 7.36. The van der Waals surface area contributed by atoms with E-state index in [2.05, 4.69) is 28.3 Å². The minimum Gasteiger partial charge on any atom is -0.330 e. The summed E-state index contributed by atoms with van der Waals surface area (Å²) in [7, 11) is 1.91. The van der Waals surface area contributed by atoms with Crippen LogP contribution in [0.5, 0.6) is 0 Å². The highest BCUT2D eigenvalue weighted by Crippen LogP contribution is 2.32. The van der Waals surface area contributed by atoms with E-state index >= 15 is 0 Å². The van der Waals surface area contributed by atoms with Crippen LogP contribution in [0, 0.1) is 6.92 Å². The Balaban J connectivity index is 1.56. The smallest absolute Gasteiger partial charge is 0.255 e. The summed E-state index contributed by atoms with van der Waals surface area (Å²) >= 11 is 0. The topological polar surface area (TPSA) is 51.0 Å². The summed E-state index contributed by atoms with van der Waals surface area (Å²) < 4.78 is 1.79. The molecular weight excluding hydrogens is 348 g/mol. The van der Waals surface area contributed by atoms with Gasteiger partial charge in [0, 0.05) is 49.4 Å². The number of carbonyl (C=O) groups is 1. The normalized spacial score (nSPS) is 13.1. The summed E-state index contributed by atoms with van der Waals surface area (Å²) in [6.07, 6.45) is 5.74. The number of hydrogen-bond acceptors (Lipinski definition) is 3. The first-order valence-electron chi connectivity index (χ1n) is 9.34. The molecule has 1 aliphatic rings. The van der Waals surface area contributed by atoms with Crippen LogP contribution in [-0.2, 0) is 20.1 Å². The Kier molecular flexibility index (Phi) is 3.76. The molecule has 2 aromatic heterocycles. The van der Waals surface area contributed by atoms with E-state index in [0.29, 0.717) is 13.1 Å². The van der Waals surface area contributed by atoms with Gasteiger partial charge in [-0.3, -0.25) is 14.5 Å². The number of aromatic nitrogens is 3. The van der Waals surface area contributed by atoms with Gasteiger partial charge < -0.3 is 4.90 Å². The summed E-state index contributed by atoms with van der Waals surface area (Å²) in [5.74, 6) is 0.0581. The molecule has 4 aromatic rings. The molecule has 3 heterocycles. The minimum absolute atomic E-state index is 0.0581. The molecule has 28 heavy (non-hydrogen) atoms. The first-order valence-corrected chi connectivity index (χ1v) is 9.34. The number of fused-ring (bicyclic) bond motifs is 2. The molecule has 0 aliphatic carbocycles. The maximum absolute atomic E-state index is 13.4. The third-order valence-corrected chi connectivity index (χ3v) is 5.40. The number of carbonyl (C=O) groups excluding carboxylic acids is 1. The number of benzene rings is 2. The van der Waals surface area contributed by atoms with Crippen LogP contribution < -0.4 is 0 Å². The summed E-state index contributed by atoms with van der Waals surface area (Å²) in [6, 6.07) is 14.1. The Morgan fingerprint density at radius 1 is 1.00 bits per heavy atom. The van der Waals surface area contributed by atoms with Gasteiger partial charge in [-0.25, -0.2) is 0 Å². The van der Waals surface area contributed by atoms with Crippen molar-refractivity contribution >= 4 is 16.7 Å². The Labute approximate surface area is 163 Å². The monoisotopic (exact) mass is 368 g/mol. The van der Waals surface area contributed by atoms with E-state index in [1.165, 1.54) is 5.56 Å². The highest BCUT2D eigenvalue weighted by Gasteiger charge is 2.26. The van der Waals surface area contributed by atoms with Crippen molar-refractivity contribution in [3.05, 3.63) is 83.4 Å². The molecule has 0 N–H and O–H groups in total. The zero-order valence-electron chi connectivity index (χ0n) is 15.9. The van der Waals surface area contributed by atoms with Gasteiger partial charge in [0.15, 0.2) is 0 Å². The second-order valence-electron chi connectivity index (χ2n) is 7.36. The molecule has 0 radical (unpaired) electrons. The molecule has 0 atom stereocenters. The van der Waals surface area contributed by atoms with Gasteiger partial charge in [0.2, 0.25) is 0 Å². The van der Waals surface area contributed by atoms with E-state index in [1.807, 2.05) is 61.7 Å². The molecule has 0 saturated carbocycles. The van der Waals surface area contributed by atoms with Gasteiger partial charge in [0.1, 0.15) is 0 Å². The first kappa shape index (κ1) is 16.7. The highest BCUT2D eigenvalue weighted by molar-refractivity contribution is 6.10. The largest absolute Gasteiger partial charge is 0.330 e. The van der Waals surface area contributed by atoms with E-state index in [1.54, 1.807) is 4.68 Å². The molecule has 5 rings (SSSR count). The van der Waals surface area contributed by atoms with Crippen LogP contribution in [0.2, 0.25) is 0 Å². The van der Waals surface area contributed by atoms with Crippen molar-refractivity contribution in [2.45, 2.75) is 20.0 Å². The van der Waals surface area contributed by atoms with Gasteiger partial charge in [0.25, 0.3) is 5.91 Å². The van der Waals surface area contributed by atoms with Gasteiger partial charge in [-0.05, 0) is 46.5 Å². The predicted molar refractivity (Wildman–Crippen MR) is 109 cm³/mol. The average Bonchev–Trinajstić information content (AvgIpc) is 3.32. The van der Waals surface area contributed by atoms with Crippen molar-refractivity contribution in [1.82, 2.24) is 19.7 Å². The molecule has 1 aliphatic heterocycles. The molecule has 0 fully saturated rings. The maximum atomic E-state index is 13.4. The fraction of sp³-hybridized carbons (Fsp3) is 0.174. The van der Waals surface area contributed by atoms with Crippen LogP contribution in [0.4, 0.5) is 0 Å². The van der Waals surface area contributed by atoms with E-state index < -0.39 is 0 Å². The zero-order chi connectivity index (χ0) is 19.3. The van der Waals surface area contributed by atoms with Crippen LogP contribution >= 0.6 is 0 Å². The Hall–Kier alpha value is -3.47. The quantitative estimate of drug-likeness (QED) is 0.535. The van der Waals surface area contributed by atoms with Crippen LogP contribution in [0.1, 0.15) is 27.2 Å². The van der Waals surface area contributed by atoms with Crippen molar-refractivity contribution < 1.29 is 4.79 Å². The lowest BCUT2D eigenvalue weighted by Gasteiger charge is -2.17. The molecule has 0 saturated heterocycles. The summed E-state index contributed by atoms with van der Waals surface area (Å²) in [5.41, 5.74) is 6.19. The predicted octanol–water partition coefficient (Wildman–Crippen LogP) is 4.10. The lowest BCUT2D eigenvalue weighted by molar-refractivity contribution is 0.0753. The van der Waals surface area contributed by atoms with Crippen LogP contribution in [-0.4, -0.2) is 25.6 Å². The van der Waals surface area contributed by atoms with Crippen molar-refractivity contribution in [1.29, 1.82) is 0 Å². The first-order chi connectivity index (χ1) is 13.6. The molecule has 0 unspecified atom stereocenters. The number of hydrogen-bond donors (Lipinski definition) is 0. The lowest BCUT2D eigenvalue weighted by atomic mass is 9.96. The molecule has 138 valence electrons. The second kappa shape index (κ2) is 6.30. The minimum atomic E-state index is 0.0581. The fourth-order valence-electron chi connectivity index (χ4n) is 4.02. The molecule has 0 spiro atoms. The van der Waals surface area contributed by atoms with Gasteiger partial charge in [0.05, 0.1) is 6.20 Å². The maximum Gasteiger partial charge on any atom is 0.255 e. The third-order valence-electron chi connectivity index (χ3n) is 5.40. The van der Waals surface area contributed by atoms with E-state index in [0.717, 1.165) is 38.7 Å². The van der Waals surface area contributed by atoms with Crippen molar-refractivity contribution in [2.24, 2.45) is 7.05 Å². The van der Waals surface area contributed by atoms with Crippen molar-refractivity contribution in [3.63, 3.8) is 0 Å². The number of nitrogens with zero attached hydrogens (tertiary/aromatic N) is 4. The Morgan fingerprint density at radius 3 is 2.61 bits per heavy atom. The number of amides is 1. The molecule has 2 aromatic carbocycles. The van der Waals surface area contributed by atoms with Crippen LogP contribution in [0.3, 0.4) is 0 Å². The molecule has 0 bridgehead atoms. The van der Waals surface area contributed by atoms with E-state index in [4.69, 9.17) is 0 Å². The molecular formula is C23H20N4O. The van der Waals surface area contributed by atoms with Crippen LogP contribution in [0.25, 0.3) is 21.9 Å². The zero-order valence-corrected chi connectivity index (χ0v) is 15.9. The van der Waals surface area contributed by atoms with Gasteiger partial charge in [-0.15, -0.1) is 0 Å². The third kappa shape index (κ3) is 2.67. The van der Waals surface area contributed by atoms with E-state index in [-0.39, 0.29) is 5.91 Å². The standard InChI is InChI=1S/C23H20N4O/c1-15-9-16-13-27(14-17(16)10-24-15)23(28)22-8-4-6-20-19(5-3-7-21(20)22)18-11-25-26(2)12-18/h3-12H,13-14H2,1-2H3. The van der Waals surface area contributed by atoms with E-state index in [9.17, 15) is 4.79 Å². The van der Waals surface area contributed by atoms with Crippen LogP contribution in [0.15, 0.2) is 61.1 Å². The number of rotatable bonds is 2. The number of pyridine rings is 1. The fourth-order valence-corrected chi connectivity index (χ4v) is 4.02. The Morgan fingerprint density at radius 2 is 1.79 bits per heavy atom. The summed E-state index contributed by atoms with van der Waals surface area (Å²) in [4.78, 5) is 19.6. The lowest BCUT2D eigenvalue weighted by Crippen LogP contribution is -2.25. The SMILES string of the molecule is Cc1cc2c(cn1)CN(C(=O)c1cccc3c(-c4cnn(C)c4)cccc13)C2. The highest BCUT2D eigenvalue weighted by atomic mass is 16.2. The van der Waals surface area contributed by atoms with Gasteiger partial charge in [-0.2, -0.15) is 5.10 Å².